The summed E-state index contributed by atoms with van der Waals surface area (Å²) in [6.07, 6.45) is 3.43. The molecule has 1 aliphatic heterocycles. The maximum Gasteiger partial charge on any atom is 0.247 e. The van der Waals surface area contributed by atoms with Crippen LogP contribution >= 0.6 is 0 Å². The summed E-state index contributed by atoms with van der Waals surface area (Å²) in [4.78, 5) is 14.4. The van der Waals surface area contributed by atoms with E-state index in [-0.39, 0.29) is 17.6 Å². The molecule has 0 aliphatic carbocycles. The van der Waals surface area contributed by atoms with E-state index >= 15 is 0 Å². The number of hydrogen-bond acceptors (Lipinski definition) is 4. The first kappa shape index (κ1) is 17.3. The van der Waals surface area contributed by atoms with Gasteiger partial charge < -0.3 is 19.1 Å². The average molecular weight is 319 g/mol. The van der Waals surface area contributed by atoms with E-state index in [1.165, 1.54) is 0 Å². The fourth-order valence-corrected chi connectivity index (χ4v) is 2.55. The van der Waals surface area contributed by atoms with Gasteiger partial charge in [-0.1, -0.05) is 0 Å². The third-order valence-corrected chi connectivity index (χ3v) is 3.95. The predicted molar refractivity (Wildman–Crippen MR) is 89.8 cm³/mol. The Labute approximate surface area is 137 Å². The van der Waals surface area contributed by atoms with Gasteiger partial charge in [0.25, 0.3) is 0 Å². The van der Waals surface area contributed by atoms with Gasteiger partial charge in [0.2, 0.25) is 5.91 Å². The van der Waals surface area contributed by atoms with Crippen LogP contribution in [0, 0.1) is 0 Å². The molecule has 1 atom stereocenters. The molecule has 0 bridgehead atoms. The summed E-state index contributed by atoms with van der Waals surface area (Å²) >= 11 is 0. The number of benzene rings is 1. The van der Waals surface area contributed by atoms with E-state index in [1.807, 2.05) is 37.8 Å². The number of amides is 1. The van der Waals surface area contributed by atoms with E-state index in [2.05, 4.69) is 0 Å². The van der Waals surface area contributed by atoms with Crippen LogP contribution in [0.2, 0.25) is 0 Å². The van der Waals surface area contributed by atoms with Crippen molar-refractivity contribution in [3.05, 3.63) is 29.8 Å². The third-order valence-electron chi connectivity index (χ3n) is 3.95. The first-order chi connectivity index (χ1) is 10.9. The summed E-state index contributed by atoms with van der Waals surface area (Å²) < 4.78 is 16.1. The van der Waals surface area contributed by atoms with E-state index in [0.29, 0.717) is 24.7 Å². The van der Waals surface area contributed by atoms with Crippen LogP contribution in [0.4, 0.5) is 0 Å². The Kier molecular flexibility index (Phi) is 5.31. The summed E-state index contributed by atoms with van der Waals surface area (Å²) in [6.45, 7) is 7.14. The van der Waals surface area contributed by atoms with Crippen molar-refractivity contribution in [3.63, 3.8) is 0 Å². The molecule has 126 valence electrons. The normalized spacial score (nSPS) is 20.6. The number of hydrogen-bond donors (Lipinski definition) is 0. The summed E-state index contributed by atoms with van der Waals surface area (Å²) in [5.41, 5.74) is 0.550. The predicted octanol–water partition coefficient (Wildman–Crippen LogP) is 2.74. The molecule has 2 rings (SSSR count). The number of rotatable bonds is 4. The van der Waals surface area contributed by atoms with E-state index in [1.54, 1.807) is 32.4 Å². The molecule has 1 amide bonds. The van der Waals surface area contributed by atoms with Crippen LogP contribution in [0.25, 0.3) is 6.08 Å². The number of carbonyl (C=O) groups excluding carboxylic acids is 1. The molecular weight excluding hydrogens is 294 g/mol. The van der Waals surface area contributed by atoms with E-state index in [0.717, 1.165) is 5.56 Å². The van der Waals surface area contributed by atoms with Gasteiger partial charge in [-0.25, -0.2) is 0 Å². The highest BCUT2D eigenvalue weighted by molar-refractivity contribution is 5.92. The van der Waals surface area contributed by atoms with E-state index in [4.69, 9.17) is 14.2 Å². The van der Waals surface area contributed by atoms with E-state index < -0.39 is 0 Å². The molecule has 23 heavy (non-hydrogen) atoms. The van der Waals surface area contributed by atoms with Crippen molar-refractivity contribution < 1.29 is 19.0 Å². The molecule has 1 aromatic rings. The van der Waals surface area contributed by atoms with Crippen LogP contribution in [-0.2, 0) is 9.53 Å². The van der Waals surface area contributed by atoms with Crippen LogP contribution < -0.4 is 9.47 Å². The zero-order valence-electron chi connectivity index (χ0n) is 14.5. The second-order valence-corrected chi connectivity index (χ2v) is 6.36. The lowest BCUT2D eigenvalue weighted by Crippen LogP contribution is -2.57. The topological polar surface area (TPSA) is 48.0 Å². The Hall–Kier alpha value is -2.01. The first-order valence-electron chi connectivity index (χ1n) is 7.70. The summed E-state index contributed by atoms with van der Waals surface area (Å²) in [5, 5.41) is 0. The van der Waals surface area contributed by atoms with Gasteiger partial charge in [-0.2, -0.15) is 0 Å². The van der Waals surface area contributed by atoms with Crippen molar-refractivity contribution >= 4 is 12.0 Å². The molecule has 0 spiro atoms. The fraction of sp³-hybridized carbons (Fsp3) is 0.500. The van der Waals surface area contributed by atoms with Crippen molar-refractivity contribution in [3.8, 4) is 11.5 Å². The van der Waals surface area contributed by atoms with Gasteiger partial charge in [-0.15, -0.1) is 0 Å². The van der Waals surface area contributed by atoms with Gasteiger partial charge in [0.05, 0.1) is 32.5 Å². The average Bonchev–Trinajstić information content (AvgIpc) is 2.54. The zero-order valence-corrected chi connectivity index (χ0v) is 14.5. The van der Waals surface area contributed by atoms with Crippen molar-refractivity contribution in [2.45, 2.75) is 32.4 Å². The van der Waals surface area contributed by atoms with Gasteiger partial charge in [0, 0.05) is 18.7 Å². The summed E-state index contributed by atoms with van der Waals surface area (Å²) in [7, 11) is 3.20. The Morgan fingerprint density at radius 1 is 1.26 bits per heavy atom. The third kappa shape index (κ3) is 4.26. The molecule has 1 aromatic carbocycles. The summed E-state index contributed by atoms with van der Waals surface area (Å²) in [5.74, 6) is 1.36. The molecule has 0 saturated carbocycles. The Morgan fingerprint density at radius 3 is 2.43 bits per heavy atom. The quantitative estimate of drug-likeness (QED) is 0.801. The molecule has 1 aliphatic rings. The molecule has 1 unspecified atom stereocenters. The lowest BCUT2D eigenvalue weighted by Gasteiger charge is -2.44. The molecule has 0 radical (unpaired) electrons. The van der Waals surface area contributed by atoms with Crippen LogP contribution in [-0.4, -0.2) is 49.8 Å². The molecule has 0 N–H and O–H groups in total. The standard InChI is InChI=1S/C18H25NO4/c1-13-11-19(18(2,3)12-23-13)17(20)7-6-14-8-15(21-4)10-16(9-14)22-5/h6-10,13H,11-12H2,1-5H3. The molecule has 0 aromatic heterocycles. The molecule has 1 fully saturated rings. The molecule has 1 saturated heterocycles. The highest BCUT2D eigenvalue weighted by Gasteiger charge is 2.35. The minimum atomic E-state index is -0.306. The van der Waals surface area contributed by atoms with Crippen LogP contribution in [0.15, 0.2) is 24.3 Å². The van der Waals surface area contributed by atoms with Crippen LogP contribution in [0.3, 0.4) is 0 Å². The number of morpholine rings is 1. The first-order valence-corrected chi connectivity index (χ1v) is 7.70. The van der Waals surface area contributed by atoms with Gasteiger partial charge in [0.1, 0.15) is 11.5 Å². The van der Waals surface area contributed by atoms with Crippen molar-refractivity contribution in [2.24, 2.45) is 0 Å². The smallest absolute Gasteiger partial charge is 0.247 e. The number of ether oxygens (including phenoxy) is 3. The van der Waals surface area contributed by atoms with Crippen molar-refractivity contribution in [1.82, 2.24) is 4.90 Å². The number of carbonyl (C=O) groups is 1. The SMILES string of the molecule is COc1cc(C=CC(=O)N2CC(C)OCC2(C)C)cc(OC)c1. The lowest BCUT2D eigenvalue weighted by molar-refractivity contribution is -0.147. The minimum absolute atomic E-state index is 0.0214. The van der Waals surface area contributed by atoms with Gasteiger partial charge in [0.15, 0.2) is 0 Å². The van der Waals surface area contributed by atoms with Gasteiger partial charge in [-0.3, -0.25) is 4.79 Å². The van der Waals surface area contributed by atoms with Gasteiger partial charge in [-0.05, 0) is 44.5 Å². The van der Waals surface area contributed by atoms with Gasteiger partial charge >= 0.3 is 0 Å². The summed E-state index contributed by atoms with van der Waals surface area (Å²) in [6, 6.07) is 5.52. The molecular formula is C18H25NO4. The maximum atomic E-state index is 12.6. The zero-order chi connectivity index (χ0) is 17.0. The van der Waals surface area contributed by atoms with Crippen molar-refractivity contribution in [2.75, 3.05) is 27.4 Å². The second kappa shape index (κ2) is 7.04. The second-order valence-electron chi connectivity index (χ2n) is 6.36. The molecule has 1 heterocycles. The maximum absolute atomic E-state index is 12.6. The lowest BCUT2D eigenvalue weighted by atomic mass is 10.0. The van der Waals surface area contributed by atoms with Crippen LogP contribution in [0.1, 0.15) is 26.3 Å². The van der Waals surface area contributed by atoms with E-state index in [9.17, 15) is 4.79 Å². The monoisotopic (exact) mass is 319 g/mol. The molecule has 5 heteroatoms. The highest BCUT2D eigenvalue weighted by Crippen LogP contribution is 2.25. The highest BCUT2D eigenvalue weighted by atomic mass is 16.5. The van der Waals surface area contributed by atoms with Crippen LogP contribution in [0.5, 0.6) is 11.5 Å². The Morgan fingerprint density at radius 2 is 1.87 bits per heavy atom. The van der Waals surface area contributed by atoms with Crippen molar-refractivity contribution in [1.29, 1.82) is 0 Å². The number of nitrogens with zero attached hydrogens (tertiary/aromatic N) is 1. The Bertz CT molecular complexity index is 572. The Balaban J connectivity index is 2.17. The fourth-order valence-electron chi connectivity index (χ4n) is 2.55. The molecule has 5 nitrogen and oxygen atoms in total. The largest absolute Gasteiger partial charge is 0.497 e. The number of methoxy groups -OCH3 is 2. The minimum Gasteiger partial charge on any atom is -0.497 e.